The number of thiol groups is 2. The van der Waals surface area contributed by atoms with E-state index < -0.39 is 61.8 Å². The summed E-state index contributed by atoms with van der Waals surface area (Å²) in [4.78, 5) is 52.7. The van der Waals surface area contributed by atoms with Crippen molar-refractivity contribution in [2.75, 3.05) is 23.8 Å². The van der Waals surface area contributed by atoms with Gasteiger partial charge in [0.15, 0.2) is 34.0 Å². The number of aromatic nitrogens is 8. The molecule has 3 aliphatic rings. The van der Waals surface area contributed by atoms with Crippen molar-refractivity contribution in [2.24, 2.45) is 11.8 Å². The van der Waals surface area contributed by atoms with Crippen molar-refractivity contribution in [2.45, 2.75) is 76.4 Å². The van der Waals surface area contributed by atoms with Gasteiger partial charge in [-0.3, -0.25) is 36.8 Å². The number of anilines is 2. The van der Waals surface area contributed by atoms with Crippen LogP contribution in [0.1, 0.15) is 73.2 Å². The third kappa shape index (κ3) is 8.52. The fourth-order valence-corrected chi connectivity index (χ4v) is 11.7. The van der Waals surface area contributed by atoms with Crippen LogP contribution in [0.5, 0.6) is 0 Å². The number of nitrogens with one attached hydrogen (secondary N) is 2. The lowest BCUT2D eigenvalue weighted by atomic mass is 9.87. The van der Waals surface area contributed by atoms with Gasteiger partial charge >= 0.3 is 13.6 Å². The molecule has 0 spiro atoms. The Kier molecular flexibility index (Phi) is 12.5. The molecule has 64 heavy (non-hydrogen) atoms. The Morgan fingerprint density at radius 3 is 1.78 bits per heavy atom. The number of hydrogen-bond donors (Lipinski definition) is 4. The highest BCUT2D eigenvalue weighted by atomic mass is 32.7. The predicted octanol–water partition coefficient (Wildman–Crippen LogP) is 7.69. The van der Waals surface area contributed by atoms with Crippen LogP contribution in [0.15, 0.2) is 86.0 Å². The minimum atomic E-state index is -4.24. The molecule has 3 saturated heterocycles. The summed E-state index contributed by atoms with van der Waals surface area (Å²) in [6.07, 6.45) is 2.07. The fraction of sp³-hybridized carbons (Fsp3) is 0.400. The van der Waals surface area contributed by atoms with Gasteiger partial charge in [0.25, 0.3) is 11.8 Å². The topological polar surface area (TPSA) is 235 Å². The molecule has 6 aromatic rings. The summed E-state index contributed by atoms with van der Waals surface area (Å²) in [7, 11) is 0. The van der Waals surface area contributed by atoms with Crippen LogP contribution in [-0.2, 0) is 36.7 Å². The van der Waals surface area contributed by atoms with Gasteiger partial charge in [0.2, 0.25) is 0 Å². The molecule has 4 aromatic heterocycles. The average molecular weight is 951 g/mol. The van der Waals surface area contributed by atoms with Gasteiger partial charge in [-0.1, -0.05) is 81.7 Å². The molecule has 0 aliphatic carbocycles. The maximum atomic E-state index is 14.4. The van der Waals surface area contributed by atoms with Crippen LogP contribution in [0, 0.1) is 11.8 Å². The Morgan fingerprint density at radius 1 is 0.719 bits per heavy atom. The van der Waals surface area contributed by atoms with E-state index >= 15 is 0 Å². The second kappa shape index (κ2) is 18.0. The Labute approximate surface area is 377 Å². The number of carbonyl (C=O) groups is 2. The zero-order valence-corrected chi connectivity index (χ0v) is 38.2. The molecule has 0 bridgehead atoms. The summed E-state index contributed by atoms with van der Waals surface area (Å²) >= 11 is 8.92. The number of ether oxygens (including phenoxy) is 2. The van der Waals surface area contributed by atoms with E-state index in [2.05, 4.69) is 65.0 Å². The van der Waals surface area contributed by atoms with Gasteiger partial charge in [0, 0.05) is 23.0 Å². The predicted molar refractivity (Wildman–Crippen MR) is 239 cm³/mol. The highest BCUT2D eigenvalue weighted by Gasteiger charge is 2.59. The zero-order chi connectivity index (χ0) is 44.8. The molecule has 2 aromatic carbocycles. The molecular weight excluding hydrogens is 907 g/mol. The first-order chi connectivity index (χ1) is 30.8. The lowest BCUT2D eigenvalue weighted by Gasteiger charge is -2.36. The highest BCUT2D eigenvalue weighted by molar-refractivity contribution is 8.44. The van der Waals surface area contributed by atoms with E-state index in [0.29, 0.717) is 46.3 Å². The van der Waals surface area contributed by atoms with Gasteiger partial charge in [-0.25, -0.2) is 39.0 Å². The van der Waals surface area contributed by atoms with Crippen molar-refractivity contribution in [3.8, 4) is 0 Å². The summed E-state index contributed by atoms with van der Waals surface area (Å²) in [5, 5.41) is 5.62. The largest absolute Gasteiger partial charge is 0.386 e. The zero-order valence-electron chi connectivity index (χ0n) is 34.6. The molecule has 3 fully saturated rings. The molecule has 7 heterocycles. The number of carbonyl (C=O) groups excluding carboxylic acids is 2. The minimum Gasteiger partial charge on any atom is -0.349 e. The molecule has 0 unspecified atom stereocenters. The maximum absolute atomic E-state index is 14.4. The van der Waals surface area contributed by atoms with Crippen LogP contribution in [-0.4, -0.2) is 88.0 Å². The normalized spacial score (nSPS) is 30.9. The lowest BCUT2D eigenvalue weighted by molar-refractivity contribution is -0.123. The Balaban J connectivity index is 0.992. The Hall–Kier alpha value is -4.60. The number of imidazole rings is 2. The molecule has 2 amide bonds. The van der Waals surface area contributed by atoms with Gasteiger partial charge in [-0.2, -0.15) is 0 Å². The molecule has 2 N–H and O–H groups in total. The van der Waals surface area contributed by atoms with E-state index in [9.17, 15) is 18.7 Å². The van der Waals surface area contributed by atoms with Crippen molar-refractivity contribution in [1.82, 2.24) is 39.0 Å². The molecule has 336 valence electrons. The van der Waals surface area contributed by atoms with E-state index in [4.69, 9.17) is 27.6 Å². The van der Waals surface area contributed by atoms with Gasteiger partial charge in [0.1, 0.15) is 49.0 Å². The first-order valence-electron chi connectivity index (χ1n) is 20.6. The first kappa shape index (κ1) is 44.6. The van der Waals surface area contributed by atoms with Crippen molar-refractivity contribution in [1.29, 1.82) is 0 Å². The van der Waals surface area contributed by atoms with Crippen LogP contribution in [0.2, 0.25) is 0 Å². The summed E-state index contributed by atoms with van der Waals surface area (Å²) in [5.41, 5.74) is 0.756. The number of benzene rings is 2. The van der Waals surface area contributed by atoms with E-state index in [-0.39, 0.29) is 43.1 Å². The molecule has 0 saturated carbocycles. The molecular formula is C40H44N10O10P2S2. The number of nitrogens with zero attached hydrogens (tertiary/aromatic N) is 8. The molecule has 24 heteroatoms. The highest BCUT2D eigenvalue weighted by Crippen LogP contribution is 2.63. The van der Waals surface area contributed by atoms with Gasteiger partial charge in [0.05, 0.1) is 25.9 Å². The van der Waals surface area contributed by atoms with Gasteiger partial charge < -0.3 is 20.1 Å². The third-order valence-electron chi connectivity index (χ3n) is 11.8. The van der Waals surface area contributed by atoms with E-state index in [0.717, 1.165) is 0 Å². The third-order valence-corrected chi connectivity index (χ3v) is 15.0. The quantitative estimate of drug-likeness (QED) is 0.0803. The second-order valence-corrected chi connectivity index (χ2v) is 21.2. The molecule has 10 atom stereocenters. The Morgan fingerprint density at radius 2 is 1.25 bits per heavy atom. The number of fused-ring (bicyclic) bond motifs is 4. The fourth-order valence-electron chi connectivity index (χ4n) is 8.59. The summed E-state index contributed by atoms with van der Waals surface area (Å²) in [6, 6.07) is 17.4. The van der Waals surface area contributed by atoms with Crippen molar-refractivity contribution in [3.05, 3.63) is 97.1 Å². The van der Waals surface area contributed by atoms with Crippen LogP contribution in [0.25, 0.3) is 22.3 Å². The molecule has 3 aliphatic heterocycles. The van der Waals surface area contributed by atoms with E-state index in [1.807, 2.05) is 32.9 Å². The van der Waals surface area contributed by atoms with Crippen molar-refractivity contribution < 1.29 is 46.3 Å². The van der Waals surface area contributed by atoms with Crippen LogP contribution in [0.3, 0.4) is 0 Å². The standard InChI is InChI=1S/C40H44N10O10P2S2/c1-4-25-30-27(57-38(25)49-21-45-28-32(41-19-43-34(28)49)47-36(51)23-13-9-7-10-14-23)17-55-61(53,63)60-31-26(5-2)39(58-40(31,6-3)18-56-62(54,64)59-30)50-22-46-29-33(42-20-44-35(29)50)48-37(52)24-15-11-8-12-16-24/h7-16,19-22,25-27,30-31,38-39H,4-6,17-18H2,1-3H3,(H,53,63)(H,54,64)(H,41,43,47,51)(H,42,44,48,52)/t25-,26-,27-,30+,31+,38-,39-,40-,61-,62-/m1/s1. The van der Waals surface area contributed by atoms with Crippen molar-refractivity contribution >= 4 is 83.9 Å². The van der Waals surface area contributed by atoms with Gasteiger partial charge in [-0.05, 0) is 43.5 Å². The molecule has 20 nitrogen and oxygen atoms in total. The second-order valence-electron chi connectivity index (χ2n) is 15.5. The first-order valence-corrected chi connectivity index (χ1v) is 26.0. The number of amides is 2. The SMILES string of the molecule is CC[C@@H]1[C@@H]2O[P@](=O)(S)OC[C@@]3(CC)O[C@@H](n4cnc5c(NC(=O)c6ccccc6)ncnc54)[C@H](CC)[C@@H]3O[P@](=O)(S)OC[C@H]2O[C@H]1n1cnc2c(NC(=O)c3ccccc3)ncnc21. The monoisotopic (exact) mass is 950 g/mol. The van der Waals surface area contributed by atoms with E-state index in [1.54, 1.807) is 57.7 Å². The minimum absolute atomic E-state index is 0.188. The summed E-state index contributed by atoms with van der Waals surface area (Å²) in [5.74, 6) is -1.46. The van der Waals surface area contributed by atoms with Gasteiger partial charge in [-0.15, -0.1) is 0 Å². The average Bonchev–Trinajstić information content (AvgIpc) is 4.08. The lowest BCUT2D eigenvalue weighted by Crippen LogP contribution is -2.46. The van der Waals surface area contributed by atoms with Crippen LogP contribution >= 0.6 is 38.1 Å². The van der Waals surface area contributed by atoms with Crippen LogP contribution in [0.4, 0.5) is 11.6 Å². The van der Waals surface area contributed by atoms with Crippen LogP contribution < -0.4 is 10.6 Å². The molecule has 9 rings (SSSR count). The smallest absolute Gasteiger partial charge is 0.349 e. The maximum Gasteiger partial charge on any atom is 0.386 e. The number of rotatable bonds is 9. The summed E-state index contributed by atoms with van der Waals surface area (Å²) in [6.45, 7) is -3.55. The number of hydrogen-bond acceptors (Lipinski definition) is 16. The summed E-state index contributed by atoms with van der Waals surface area (Å²) < 4.78 is 70.4. The van der Waals surface area contributed by atoms with E-state index in [1.165, 1.54) is 25.3 Å². The molecule has 0 radical (unpaired) electrons. The van der Waals surface area contributed by atoms with Crippen molar-refractivity contribution in [3.63, 3.8) is 0 Å². The Bertz CT molecular complexity index is 2780.